The second-order valence-electron chi connectivity index (χ2n) is 7.38. The lowest BCUT2D eigenvalue weighted by molar-refractivity contribution is 0.0141. The first-order valence-corrected chi connectivity index (χ1v) is 8.17. The molecule has 2 saturated heterocycles. The Labute approximate surface area is 124 Å². The van der Waals surface area contributed by atoms with Gasteiger partial charge in [0.15, 0.2) is 0 Å². The van der Waals surface area contributed by atoms with Crippen LogP contribution in [0.15, 0.2) is 0 Å². The van der Waals surface area contributed by atoms with Gasteiger partial charge in [-0.3, -0.25) is 4.90 Å². The van der Waals surface area contributed by atoms with E-state index in [-0.39, 0.29) is 5.54 Å². The molecule has 0 bridgehead atoms. The topological polar surface area (TPSA) is 33.7 Å². The van der Waals surface area contributed by atoms with E-state index in [0.717, 1.165) is 39.2 Å². The number of ether oxygens (including phenoxy) is 2. The Kier molecular flexibility index (Phi) is 5.84. The maximum atomic E-state index is 6.19. The molecule has 0 amide bonds. The molecule has 0 aromatic heterocycles. The van der Waals surface area contributed by atoms with Gasteiger partial charge in [-0.15, -0.1) is 0 Å². The third kappa shape index (κ3) is 5.68. The summed E-state index contributed by atoms with van der Waals surface area (Å²) in [6.45, 7) is 13.9. The van der Waals surface area contributed by atoms with E-state index in [2.05, 4.69) is 37.9 Å². The molecule has 3 atom stereocenters. The normalized spacial score (nSPS) is 33.3. The minimum absolute atomic E-state index is 0.180. The third-order valence-electron chi connectivity index (χ3n) is 4.05. The lowest BCUT2D eigenvalue weighted by Crippen LogP contribution is -2.41. The van der Waals surface area contributed by atoms with Gasteiger partial charge in [0.05, 0.1) is 18.3 Å². The van der Waals surface area contributed by atoms with Crippen LogP contribution < -0.4 is 5.32 Å². The van der Waals surface area contributed by atoms with Gasteiger partial charge in [-0.25, -0.2) is 0 Å². The van der Waals surface area contributed by atoms with E-state index in [9.17, 15) is 0 Å². The van der Waals surface area contributed by atoms with Gasteiger partial charge in [0, 0.05) is 38.3 Å². The van der Waals surface area contributed by atoms with Crippen LogP contribution in [-0.4, -0.2) is 61.5 Å². The predicted octanol–water partition coefficient (Wildman–Crippen LogP) is 2.03. The van der Waals surface area contributed by atoms with Crippen molar-refractivity contribution in [2.75, 3.05) is 32.8 Å². The summed E-state index contributed by atoms with van der Waals surface area (Å²) in [6.07, 6.45) is 4.69. The van der Waals surface area contributed by atoms with Crippen LogP contribution in [0.5, 0.6) is 0 Å². The second-order valence-corrected chi connectivity index (χ2v) is 7.38. The summed E-state index contributed by atoms with van der Waals surface area (Å²) in [6, 6.07) is 0. The smallest absolute Gasteiger partial charge is 0.0707 e. The Morgan fingerprint density at radius 2 is 1.95 bits per heavy atom. The van der Waals surface area contributed by atoms with Crippen LogP contribution in [0.1, 0.15) is 47.0 Å². The van der Waals surface area contributed by atoms with Crippen LogP contribution in [0.3, 0.4) is 0 Å². The molecule has 0 aromatic rings. The Bertz CT molecular complexity index is 291. The highest BCUT2D eigenvalue weighted by Gasteiger charge is 2.28. The Morgan fingerprint density at radius 3 is 2.70 bits per heavy atom. The van der Waals surface area contributed by atoms with Gasteiger partial charge in [0.1, 0.15) is 0 Å². The van der Waals surface area contributed by atoms with E-state index in [1.807, 2.05) is 0 Å². The van der Waals surface area contributed by atoms with Crippen molar-refractivity contribution in [3.63, 3.8) is 0 Å². The molecule has 118 valence electrons. The van der Waals surface area contributed by atoms with Gasteiger partial charge in [0.2, 0.25) is 0 Å². The molecule has 0 spiro atoms. The maximum absolute atomic E-state index is 6.19. The van der Waals surface area contributed by atoms with Crippen molar-refractivity contribution in [3.05, 3.63) is 0 Å². The number of hydrogen-bond donors (Lipinski definition) is 1. The van der Waals surface area contributed by atoms with Gasteiger partial charge in [-0.1, -0.05) is 0 Å². The van der Waals surface area contributed by atoms with E-state index in [1.54, 1.807) is 0 Å². The van der Waals surface area contributed by atoms with Crippen LogP contribution >= 0.6 is 0 Å². The molecular weight excluding hydrogens is 252 g/mol. The standard InChI is InChI=1S/C16H32N2O2/c1-13-11-18(8-5-9-19-13)12-15-7-6-14(20-15)10-17-16(2,3)4/h13-15,17H,5-12H2,1-4H3. The van der Waals surface area contributed by atoms with Crippen LogP contribution in [0, 0.1) is 0 Å². The molecule has 2 rings (SSSR count). The summed E-state index contributed by atoms with van der Waals surface area (Å²) in [5.41, 5.74) is 0.180. The van der Waals surface area contributed by atoms with Crippen molar-refractivity contribution in [2.24, 2.45) is 0 Å². The van der Waals surface area contributed by atoms with Gasteiger partial charge in [-0.2, -0.15) is 0 Å². The van der Waals surface area contributed by atoms with Crippen molar-refractivity contribution >= 4 is 0 Å². The highest BCUT2D eigenvalue weighted by molar-refractivity contribution is 4.81. The molecule has 2 aliphatic heterocycles. The van der Waals surface area contributed by atoms with E-state index < -0.39 is 0 Å². The number of nitrogens with zero attached hydrogens (tertiary/aromatic N) is 1. The van der Waals surface area contributed by atoms with Gasteiger partial charge in [0.25, 0.3) is 0 Å². The molecule has 20 heavy (non-hydrogen) atoms. The van der Waals surface area contributed by atoms with Crippen molar-refractivity contribution in [3.8, 4) is 0 Å². The van der Waals surface area contributed by atoms with Crippen molar-refractivity contribution < 1.29 is 9.47 Å². The van der Waals surface area contributed by atoms with E-state index in [4.69, 9.17) is 9.47 Å². The molecule has 2 fully saturated rings. The first-order chi connectivity index (χ1) is 9.42. The van der Waals surface area contributed by atoms with E-state index in [1.165, 1.54) is 12.8 Å². The summed E-state index contributed by atoms with van der Waals surface area (Å²) in [4.78, 5) is 2.52. The van der Waals surface area contributed by atoms with E-state index >= 15 is 0 Å². The summed E-state index contributed by atoms with van der Waals surface area (Å²) in [5.74, 6) is 0. The summed E-state index contributed by atoms with van der Waals surface area (Å²) in [7, 11) is 0. The lowest BCUT2D eigenvalue weighted by atomic mass is 10.1. The fraction of sp³-hybridized carbons (Fsp3) is 1.00. The molecule has 0 saturated carbocycles. The zero-order chi connectivity index (χ0) is 14.6. The first-order valence-electron chi connectivity index (χ1n) is 8.17. The Balaban J connectivity index is 1.70. The average molecular weight is 284 g/mol. The number of hydrogen-bond acceptors (Lipinski definition) is 4. The minimum atomic E-state index is 0.180. The van der Waals surface area contributed by atoms with Crippen LogP contribution in [0.2, 0.25) is 0 Å². The molecule has 0 aliphatic carbocycles. The molecule has 4 heteroatoms. The predicted molar refractivity (Wildman–Crippen MR) is 82.1 cm³/mol. The Morgan fingerprint density at radius 1 is 1.20 bits per heavy atom. The molecule has 3 unspecified atom stereocenters. The fourth-order valence-electron chi connectivity index (χ4n) is 3.02. The fourth-order valence-corrected chi connectivity index (χ4v) is 3.02. The highest BCUT2D eigenvalue weighted by Crippen LogP contribution is 2.21. The summed E-state index contributed by atoms with van der Waals surface area (Å²) in [5, 5.41) is 3.55. The molecular formula is C16H32N2O2. The lowest BCUT2D eigenvalue weighted by Gasteiger charge is -2.26. The van der Waals surface area contributed by atoms with Crippen LogP contribution in [0.25, 0.3) is 0 Å². The quantitative estimate of drug-likeness (QED) is 0.856. The molecule has 2 aliphatic rings. The van der Waals surface area contributed by atoms with Gasteiger partial charge in [-0.05, 0) is 47.0 Å². The van der Waals surface area contributed by atoms with E-state index in [0.29, 0.717) is 18.3 Å². The zero-order valence-electron chi connectivity index (χ0n) is 13.7. The average Bonchev–Trinajstić information content (AvgIpc) is 2.69. The first kappa shape index (κ1) is 16.2. The second kappa shape index (κ2) is 7.21. The molecule has 0 aromatic carbocycles. The Hall–Kier alpha value is -0.160. The monoisotopic (exact) mass is 284 g/mol. The molecule has 2 heterocycles. The van der Waals surface area contributed by atoms with Gasteiger partial charge < -0.3 is 14.8 Å². The minimum Gasteiger partial charge on any atom is -0.377 e. The van der Waals surface area contributed by atoms with Crippen molar-refractivity contribution in [1.82, 2.24) is 10.2 Å². The molecule has 4 nitrogen and oxygen atoms in total. The SMILES string of the molecule is CC1CN(CC2CCC(CNC(C)(C)C)O2)CCCO1. The van der Waals surface area contributed by atoms with Crippen LogP contribution in [-0.2, 0) is 9.47 Å². The van der Waals surface area contributed by atoms with Crippen molar-refractivity contribution in [1.29, 1.82) is 0 Å². The molecule has 0 radical (unpaired) electrons. The number of nitrogens with one attached hydrogen (secondary N) is 1. The summed E-state index contributed by atoms with van der Waals surface area (Å²) >= 11 is 0. The summed E-state index contributed by atoms with van der Waals surface area (Å²) < 4.78 is 11.9. The van der Waals surface area contributed by atoms with Gasteiger partial charge >= 0.3 is 0 Å². The maximum Gasteiger partial charge on any atom is 0.0707 e. The number of rotatable bonds is 4. The zero-order valence-corrected chi connectivity index (χ0v) is 13.7. The largest absolute Gasteiger partial charge is 0.377 e. The third-order valence-corrected chi connectivity index (χ3v) is 4.05. The molecule has 1 N–H and O–H groups in total. The highest BCUT2D eigenvalue weighted by atomic mass is 16.5. The van der Waals surface area contributed by atoms with Crippen LogP contribution in [0.4, 0.5) is 0 Å². The van der Waals surface area contributed by atoms with Crippen molar-refractivity contribution in [2.45, 2.75) is 70.8 Å².